The molecular formula is C23H26FN3O6S. The van der Waals surface area contributed by atoms with Gasteiger partial charge in [0.1, 0.15) is 12.4 Å². The zero-order valence-corrected chi connectivity index (χ0v) is 19.4. The molecule has 3 aliphatic rings. The molecule has 1 atom stereocenters. The van der Waals surface area contributed by atoms with Crippen LogP contribution in [0, 0.1) is 5.82 Å². The van der Waals surface area contributed by atoms with Crippen molar-refractivity contribution in [2.45, 2.75) is 11.0 Å². The highest BCUT2D eigenvalue weighted by atomic mass is 32.2. The second-order valence-electron chi connectivity index (χ2n) is 8.31. The fourth-order valence-electron chi connectivity index (χ4n) is 4.35. The van der Waals surface area contributed by atoms with E-state index >= 15 is 0 Å². The van der Waals surface area contributed by atoms with E-state index < -0.39 is 16.1 Å². The predicted molar refractivity (Wildman–Crippen MR) is 121 cm³/mol. The van der Waals surface area contributed by atoms with Crippen LogP contribution in [0.1, 0.15) is 0 Å². The number of anilines is 1. The molecule has 11 heteroatoms. The number of halogens is 1. The van der Waals surface area contributed by atoms with Gasteiger partial charge in [0, 0.05) is 45.3 Å². The van der Waals surface area contributed by atoms with Gasteiger partial charge in [0.2, 0.25) is 16.1 Å². The molecule has 0 aliphatic carbocycles. The van der Waals surface area contributed by atoms with Crippen LogP contribution in [0.5, 0.6) is 11.5 Å². The van der Waals surface area contributed by atoms with Gasteiger partial charge in [0.15, 0.2) is 11.5 Å². The Kier molecular flexibility index (Phi) is 6.32. The Morgan fingerprint density at radius 2 is 1.68 bits per heavy atom. The number of piperazine rings is 1. The maximum Gasteiger partial charge on any atom is 0.267 e. The Morgan fingerprint density at radius 3 is 2.41 bits per heavy atom. The number of benzene rings is 2. The standard InChI is InChI=1S/C23H26FN3O6S/c24-18-3-1-2-4-19(18)25-7-9-27(10-8-25)34(29,30)17-5-6-20-21(15-17)32-16-22(33-20)23(28)26-11-13-31-14-12-26/h1-6,15,22H,7-14,16H2. The number of hydrogen-bond donors (Lipinski definition) is 0. The summed E-state index contributed by atoms with van der Waals surface area (Å²) in [6, 6.07) is 10.9. The molecule has 2 saturated heterocycles. The van der Waals surface area contributed by atoms with Crippen molar-refractivity contribution < 1.29 is 31.8 Å². The molecule has 1 unspecified atom stereocenters. The van der Waals surface area contributed by atoms with Gasteiger partial charge < -0.3 is 24.0 Å². The molecule has 0 saturated carbocycles. The summed E-state index contributed by atoms with van der Waals surface area (Å²) in [6.07, 6.45) is -0.778. The summed E-state index contributed by atoms with van der Waals surface area (Å²) < 4.78 is 58.8. The van der Waals surface area contributed by atoms with E-state index in [4.69, 9.17) is 14.2 Å². The normalized spacial score (nSPS) is 21.4. The third-order valence-electron chi connectivity index (χ3n) is 6.24. The van der Waals surface area contributed by atoms with Crippen molar-refractivity contribution in [3.8, 4) is 11.5 Å². The largest absolute Gasteiger partial charge is 0.485 e. The van der Waals surface area contributed by atoms with E-state index in [2.05, 4.69) is 0 Å². The SMILES string of the molecule is O=C(C1COc2cc(S(=O)(=O)N3CCN(c4ccccc4F)CC3)ccc2O1)N1CCOCC1. The molecule has 9 nitrogen and oxygen atoms in total. The Bertz CT molecular complexity index is 1160. The van der Waals surface area contributed by atoms with Crippen LogP contribution in [-0.2, 0) is 19.6 Å². The first kappa shape index (κ1) is 22.9. The molecule has 2 aromatic carbocycles. The summed E-state index contributed by atoms with van der Waals surface area (Å²) in [7, 11) is -3.77. The Labute approximate surface area is 197 Å². The van der Waals surface area contributed by atoms with Crippen LogP contribution in [0.4, 0.5) is 10.1 Å². The van der Waals surface area contributed by atoms with Crippen molar-refractivity contribution in [3.63, 3.8) is 0 Å². The third-order valence-corrected chi connectivity index (χ3v) is 8.14. The van der Waals surface area contributed by atoms with E-state index in [9.17, 15) is 17.6 Å². The lowest BCUT2D eigenvalue weighted by molar-refractivity contribution is -0.145. The molecule has 0 bridgehead atoms. The van der Waals surface area contributed by atoms with Gasteiger partial charge in [0.05, 0.1) is 23.8 Å². The third kappa shape index (κ3) is 4.42. The molecule has 2 aromatic rings. The fourth-order valence-corrected chi connectivity index (χ4v) is 5.79. The molecule has 34 heavy (non-hydrogen) atoms. The van der Waals surface area contributed by atoms with Crippen molar-refractivity contribution in [3.05, 3.63) is 48.3 Å². The van der Waals surface area contributed by atoms with Gasteiger partial charge in [-0.05, 0) is 24.3 Å². The second kappa shape index (κ2) is 9.40. The predicted octanol–water partition coefficient (Wildman–Crippen LogP) is 1.34. The molecule has 0 radical (unpaired) electrons. The van der Waals surface area contributed by atoms with Gasteiger partial charge in [-0.3, -0.25) is 4.79 Å². The maximum atomic E-state index is 14.1. The summed E-state index contributed by atoms with van der Waals surface area (Å²) in [5.74, 6) is 0.132. The van der Waals surface area contributed by atoms with Crippen molar-refractivity contribution in [1.82, 2.24) is 9.21 Å². The number of carbonyl (C=O) groups excluding carboxylic acids is 1. The van der Waals surface area contributed by atoms with Crippen molar-refractivity contribution in [2.24, 2.45) is 0 Å². The Balaban J connectivity index is 1.25. The molecule has 0 aromatic heterocycles. The van der Waals surface area contributed by atoms with Crippen LogP contribution in [0.25, 0.3) is 0 Å². The van der Waals surface area contributed by atoms with Crippen LogP contribution in [0.15, 0.2) is 47.4 Å². The quantitative estimate of drug-likeness (QED) is 0.638. The highest BCUT2D eigenvalue weighted by Crippen LogP contribution is 2.35. The van der Waals surface area contributed by atoms with Crippen LogP contribution in [-0.4, -0.2) is 88.7 Å². The summed E-state index contributed by atoms with van der Waals surface area (Å²) in [4.78, 5) is 16.3. The van der Waals surface area contributed by atoms with Gasteiger partial charge in [-0.15, -0.1) is 0 Å². The monoisotopic (exact) mass is 491 g/mol. The zero-order chi connectivity index (χ0) is 23.7. The molecule has 3 heterocycles. The van der Waals surface area contributed by atoms with E-state index in [0.717, 1.165) is 0 Å². The lowest BCUT2D eigenvalue weighted by Gasteiger charge is -2.35. The molecule has 1 amide bonds. The summed E-state index contributed by atoms with van der Waals surface area (Å²) in [5.41, 5.74) is 0.472. The lowest BCUT2D eigenvalue weighted by atomic mass is 10.2. The minimum Gasteiger partial charge on any atom is -0.485 e. The van der Waals surface area contributed by atoms with Crippen LogP contribution >= 0.6 is 0 Å². The van der Waals surface area contributed by atoms with Crippen LogP contribution in [0.2, 0.25) is 0 Å². The van der Waals surface area contributed by atoms with Crippen molar-refractivity contribution >= 4 is 21.6 Å². The number of nitrogens with zero attached hydrogens (tertiary/aromatic N) is 3. The van der Waals surface area contributed by atoms with E-state index in [0.29, 0.717) is 50.8 Å². The van der Waals surface area contributed by atoms with E-state index in [1.165, 1.54) is 28.6 Å². The van der Waals surface area contributed by atoms with E-state index in [1.54, 1.807) is 23.1 Å². The molecule has 0 N–H and O–H groups in total. The van der Waals surface area contributed by atoms with Crippen molar-refractivity contribution in [1.29, 1.82) is 0 Å². The second-order valence-corrected chi connectivity index (χ2v) is 10.2. The number of amides is 1. The average molecular weight is 492 g/mol. The number of fused-ring (bicyclic) bond motifs is 1. The highest BCUT2D eigenvalue weighted by molar-refractivity contribution is 7.89. The molecule has 3 aliphatic heterocycles. The van der Waals surface area contributed by atoms with E-state index in [1.807, 2.05) is 4.90 Å². The number of para-hydroxylation sites is 1. The van der Waals surface area contributed by atoms with Crippen LogP contribution < -0.4 is 14.4 Å². The number of rotatable bonds is 4. The number of hydrogen-bond acceptors (Lipinski definition) is 7. The molecule has 2 fully saturated rings. The topological polar surface area (TPSA) is 88.6 Å². The van der Waals surface area contributed by atoms with Gasteiger partial charge in [-0.25, -0.2) is 12.8 Å². The van der Waals surface area contributed by atoms with Gasteiger partial charge >= 0.3 is 0 Å². The van der Waals surface area contributed by atoms with Gasteiger partial charge in [-0.1, -0.05) is 12.1 Å². The lowest BCUT2D eigenvalue weighted by Crippen LogP contribution is -2.50. The fraction of sp³-hybridized carbons (Fsp3) is 0.435. The number of morpholine rings is 1. The number of ether oxygens (including phenoxy) is 3. The first-order chi connectivity index (χ1) is 16.4. The van der Waals surface area contributed by atoms with Gasteiger partial charge in [-0.2, -0.15) is 4.31 Å². The smallest absolute Gasteiger partial charge is 0.267 e. The Hall–Kier alpha value is -2.89. The minimum absolute atomic E-state index is 0.00794. The molecule has 0 spiro atoms. The first-order valence-corrected chi connectivity index (χ1v) is 12.7. The maximum absolute atomic E-state index is 14.1. The summed E-state index contributed by atoms with van der Waals surface area (Å²) in [6.45, 7) is 3.25. The molecule has 182 valence electrons. The minimum atomic E-state index is -3.77. The van der Waals surface area contributed by atoms with E-state index in [-0.39, 0.29) is 42.1 Å². The first-order valence-electron chi connectivity index (χ1n) is 11.2. The number of carbonyl (C=O) groups is 1. The molecule has 5 rings (SSSR count). The highest BCUT2D eigenvalue weighted by Gasteiger charge is 2.34. The average Bonchev–Trinajstić information content (AvgIpc) is 2.88. The summed E-state index contributed by atoms with van der Waals surface area (Å²) in [5, 5.41) is 0. The van der Waals surface area contributed by atoms with Gasteiger partial charge in [0.25, 0.3) is 5.91 Å². The van der Waals surface area contributed by atoms with Crippen LogP contribution in [0.3, 0.4) is 0 Å². The zero-order valence-electron chi connectivity index (χ0n) is 18.6. The van der Waals surface area contributed by atoms with Crippen molar-refractivity contribution in [2.75, 3.05) is 64.0 Å². The number of sulfonamides is 1. The Morgan fingerprint density at radius 1 is 0.941 bits per heavy atom. The summed E-state index contributed by atoms with van der Waals surface area (Å²) >= 11 is 0. The molecular weight excluding hydrogens is 465 g/mol.